The Morgan fingerprint density at radius 3 is 1.62 bits per heavy atom. The molecule has 0 atom stereocenters. The third-order valence-corrected chi connectivity index (χ3v) is 10.3. The van der Waals surface area contributed by atoms with E-state index in [1.54, 1.807) is 0 Å². The third kappa shape index (κ3) is 4.31. The van der Waals surface area contributed by atoms with Crippen LogP contribution in [-0.2, 0) is 0 Å². The molecule has 0 radical (unpaired) electrons. The Morgan fingerprint density at radius 1 is 0.378 bits per heavy atom. The van der Waals surface area contributed by atoms with Crippen LogP contribution in [0.4, 0.5) is 0 Å². The summed E-state index contributed by atoms with van der Waals surface area (Å²) in [4.78, 5) is 0. The van der Waals surface area contributed by atoms with Gasteiger partial charge in [0.25, 0.3) is 6.71 Å². The number of thiophene rings is 1. The summed E-state index contributed by atoms with van der Waals surface area (Å²) in [5.41, 5.74) is 11.2. The molecular weight excluding hydrogens is 563 g/mol. The highest BCUT2D eigenvalue weighted by atomic mass is 32.1. The van der Waals surface area contributed by atoms with Crippen molar-refractivity contribution in [3.63, 3.8) is 0 Å². The van der Waals surface area contributed by atoms with E-state index >= 15 is 0 Å². The van der Waals surface area contributed by atoms with Gasteiger partial charge in [0.2, 0.25) is 0 Å². The van der Waals surface area contributed by atoms with Crippen LogP contribution in [0.5, 0.6) is 11.5 Å². The Hall–Kier alpha value is -5.38. The highest BCUT2D eigenvalue weighted by Gasteiger charge is 2.33. The molecule has 0 unspecified atom stereocenters. The Balaban J connectivity index is 1.24. The first-order valence-corrected chi connectivity index (χ1v) is 16.2. The van der Waals surface area contributed by atoms with Gasteiger partial charge in [-0.05, 0) is 62.5 Å². The molecule has 1 nitrogen and oxygen atoms in total. The Morgan fingerprint density at radius 2 is 0.889 bits per heavy atom. The number of fused-ring (bicyclic) bond motifs is 5. The first-order chi connectivity index (χ1) is 22.3. The van der Waals surface area contributed by atoms with Crippen molar-refractivity contribution in [1.82, 2.24) is 0 Å². The van der Waals surface area contributed by atoms with Crippen LogP contribution in [0.25, 0.3) is 53.6 Å². The van der Waals surface area contributed by atoms with Crippen LogP contribution in [0.1, 0.15) is 0 Å². The van der Waals surface area contributed by atoms with Crippen molar-refractivity contribution in [3.05, 3.63) is 164 Å². The fraction of sp³-hybridized carbons (Fsp3) is 0. The maximum atomic E-state index is 6.38. The minimum atomic E-state index is 0.0725. The minimum Gasteiger partial charge on any atom is -0.458 e. The van der Waals surface area contributed by atoms with E-state index in [0.717, 1.165) is 11.5 Å². The summed E-state index contributed by atoms with van der Waals surface area (Å²) in [6, 6.07) is 59.0. The second kappa shape index (κ2) is 10.7. The van der Waals surface area contributed by atoms with Gasteiger partial charge in [-0.15, -0.1) is 11.3 Å². The standard InChI is InChI=1S/C42H27BOS/c1-2-13-28(14-3-1)29-15-10-16-30(27-29)31-18-11-20-34-35-21-12-19-33(42(35)45-41(31)34)32-17-4-5-22-36(32)43-37-23-6-8-25-39(37)44-40-26-9-7-24-38(40)43/h1-27H. The molecule has 1 aliphatic rings. The molecule has 3 heteroatoms. The first-order valence-electron chi connectivity index (χ1n) is 15.4. The smallest absolute Gasteiger partial charge is 0.251 e. The van der Waals surface area contributed by atoms with Crippen molar-refractivity contribution in [2.45, 2.75) is 0 Å². The second-order valence-electron chi connectivity index (χ2n) is 11.6. The maximum absolute atomic E-state index is 6.38. The Kier molecular flexibility index (Phi) is 6.17. The third-order valence-electron chi connectivity index (χ3n) is 9.05. The quantitative estimate of drug-likeness (QED) is 0.186. The van der Waals surface area contributed by atoms with E-state index in [1.807, 2.05) is 11.3 Å². The molecule has 0 bridgehead atoms. The molecule has 1 aromatic heterocycles. The number of hydrogen-bond acceptors (Lipinski definition) is 2. The van der Waals surface area contributed by atoms with Gasteiger partial charge in [0.05, 0.1) is 0 Å². The molecule has 0 spiro atoms. The van der Waals surface area contributed by atoms with Crippen LogP contribution in [0.3, 0.4) is 0 Å². The predicted octanol–water partition coefficient (Wildman–Crippen LogP) is 9.68. The van der Waals surface area contributed by atoms with Crippen molar-refractivity contribution in [2.75, 3.05) is 0 Å². The van der Waals surface area contributed by atoms with E-state index in [-0.39, 0.29) is 6.71 Å². The topological polar surface area (TPSA) is 9.23 Å². The molecule has 0 fully saturated rings. The summed E-state index contributed by atoms with van der Waals surface area (Å²) in [6.45, 7) is 0.0725. The van der Waals surface area contributed by atoms with Crippen molar-refractivity contribution in [2.24, 2.45) is 0 Å². The molecule has 7 aromatic carbocycles. The zero-order valence-electron chi connectivity index (χ0n) is 24.5. The molecule has 0 amide bonds. The number of para-hydroxylation sites is 2. The largest absolute Gasteiger partial charge is 0.458 e. The molecule has 1 aliphatic heterocycles. The number of rotatable bonds is 4. The van der Waals surface area contributed by atoms with Crippen LogP contribution >= 0.6 is 11.3 Å². The van der Waals surface area contributed by atoms with Gasteiger partial charge in [-0.3, -0.25) is 0 Å². The number of ether oxygens (including phenoxy) is 1. The summed E-state index contributed by atoms with van der Waals surface area (Å²) < 4.78 is 9.02. The Labute approximate surface area is 267 Å². The monoisotopic (exact) mass is 590 g/mol. The van der Waals surface area contributed by atoms with Gasteiger partial charge < -0.3 is 4.74 Å². The van der Waals surface area contributed by atoms with Crippen LogP contribution in [0.15, 0.2) is 164 Å². The summed E-state index contributed by atoms with van der Waals surface area (Å²) >= 11 is 1.91. The molecule has 8 aromatic rings. The SMILES string of the molecule is c1ccc(-c2cccc(-c3cccc4c3sc3c(-c5ccccc5B5c6ccccc6Oc6ccccc65)cccc34)c2)cc1. The van der Waals surface area contributed by atoms with Gasteiger partial charge in [0, 0.05) is 20.2 Å². The molecule has 0 saturated heterocycles. The fourth-order valence-electron chi connectivity index (χ4n) is 7.00. The van der Waals surface area contributed by atoms with Gasteiger partial charge in [0.1, 0.15) is 11.5 Å². The van der Waals surface area contributed by atoms with Crippen LogP contribution in [0, 0.1) is 0 Å². The highest BCUT2D eigenvalue weighted by Crippen LogP contribution is 2.44. The Bertz CT molecular complexity index is 2330. The van der Waals surface area contributed by atoms with Crippen molar-refractivity contribution in [3.8, 4) is 44.9 Å². The van der Waals surface area contributed by atoms with Crippen molar-refractivity contribution < 1.29 is 4.74 Å². The minimum absolute atomic E-state index is 0.0725. The van der Waals surface area contributed by atoms with E-state index in [9.17, 15) is 0 Å². The zero-order valence-corrected chi connectivity index (χ0v) is 25.3. The lowest BCUT2D eigenvalue weighted by molar-refractivity contribution is 0.487. The highest BCUT2D eigenvalue weighted by molar-refractivity contribution is 7.27. The number of hydrogen-bond donors (Lipinski definition) is 0. The molecule has 0 N–H and O–H groups in total. The average Bonchev–Trinajstić information content (AvgIpc) is 3.50. The van der Waals surface area contributed by atoms with E-state index in [4.69, 9.17) is 4.74 Å². The van der Waals surface area contributed by atoms with Gasteiger partial charge in [-0.1, -0.05) is 151 Å². The fourth-order valence-corrected chi connectivity index (χ4v) is 8.36. The van der Waals surface area contributed by atoms with Crippen LogP contribution in [-0.4, -0.2) is 6.71 Å². The molecule has 0 aliphatic carbocycles. The van der Waals surface area contributed by atoms with Gasteiger partial charge in [-0.2, -0.15) is 0 Å². The van der Waals surface area contributed by atoms with Crippen LogP contribution in [0.2, 0.25) is 0 Å². The molecule has 0 saturated carbocycles. The normalized spacial score (nSPS) is 12.1. The van der Waals surface area contributed by atoms with E-state index < -0.39 is 0 Å². The lowest BCUT2D eigenvalue weighted by atomic mass is 9.35. The number of benzene rings is 7. The summed E-state index contributed by atoms with van der Waals surface area (Å²) in [6.07, 6.45) is 0. The lowest BCUT2D eigenvalue weighted by Crippen LogP contribution is -2.55. The average molecular weight is 591 g/mol. The van der Waals surface area contributed by atoms with Gasteiger partial charge in [0.15, 0.2) is 0 Å². The van der Waals surface area contributed by atoms with Gasteiger partial charge in [-0.25, -0.2) is 0 Å². The van der Waals surface area contributed by atoms with E-state index in [1.165, 1.54) is 69.9 Å². The predicted molar refractivity (Wildman–Crippen MR) is 193 cm³/mol. The second-order valence-corrected chi connectivity index (χ2v) is 12.6. The zero-order chi connectivity index (χ0) is 29.7. The molecule has 9 rings (SSSR count). The molecule has 210 valence electrons. The molecule has 2 heterocycles. The lowest BCUT2D eigenvalue weighted by Gasteiger charge is -2.28. The molecular formula is C42H27BOS. The summed E-state index contributed by atoms with van der Waals surface area (Å²) in [5, 5.41) is 2.61. The molecule has 45 heavy (non-hydrogen) atoms. The summed E-state index contributed by atoms with van der Waals surface area (Å²) in [7, 11) is 0. The van der Waals surface area contributed by atoms with E-state index in [2.05, 4.69) is 164 Å². The van der Waals surface area contributed by atoms with Crippen molar-refractivity contribution in [1.29, 1.82) is 0 Å². The maximum Gasteiger partial charge on any atom is 0.251 e. The van der Waals surface area contributed by atoms with Gasteiger partial charge >= 0.3 is 0 Å². The first kappa shape index (κ1) is 26.1. The van der Waals surface area contributed by atoms with E-state index in [0.29, 0.717) is 0 Å². The van der Waals surface area contributed by atoms with Crippen molar-refractivity contribution >= 4 is 54.6 Å². The summed E-state index contributed by atoms with van der Waals surface area (Å²) in [5.74, 6) is 1.86. The van der Waals surface area contributed by atoms with Crippen LogP contribution < -0.4 is 21.1 Å².